The fourth-order valence-electron chi connectivity index (χ4n) is 1.90. The van der Waals surface area contributed by atoms with Crippen LogP contribution >= 0.6 is 22.9 Å². The van der Waals surface area contributed by atoms with Crippen LogP contribution in [0.25, 0.3) is 0 Å². The number of ether oxygens (including phenoxy) is 1. The van der Waals surface area contributed by atoms with E-state index in [4.69, 9.17) is 16.3 Å². The van der Waals surface area contributed by atoms with Gasteiger partial charge in [-0.2, -0.15) is 0 Å². The van der Waals surface area contributed by atoms with E-state index in [1.165, 1.54) is 6.42 Å². The van der Waals surface area contributed by atoms with Crippen molar-refractivity contribution in [1.29, 1.82) is 0 Å². The van der Waals surface area contributed by atoms with Crippen LogP contribution in [-0.2, 0) is 10.6 Å². The Labute approximate surface area is 105 Å². The molecule has 90 valence electrons. The summed E-state index contributed by atoms with van der Waals surface area (Å²) in [5.74, 6) is 0.545. The number of rotatable bonds is 4. The predicted octanol–water partition coefficient (Wildman–Crippen LogP) is 2.67. The van der Waals surface area contributed by atoms with Crippen LogP contribution in [0.1, 0.15) is 29.3 Å². The number of hydrogen-bond acceptors (Lipinski definition) is 4. The summed E-state index contributed by atoms with van der Waals surface area (Å²) in [4.78, 5) is 7.95. The third-order valence-electron chi connectivity index (χ3n) is 2.67. The number of aromatic nitrogens is 1. The lowest BCUT2D eigenvalue weighted by atomic mass is 10.2. The zero-order chi connectivity index (χ0) is 11.4. The summed E-state index contributed by atoms with van der Waals surface area (Å²) >= 11 is 7.44. The first kappa shape index (κ1) is 12.3. The molecule has 3 nitrogen and oxygen atoms in total. The van der Waals surface area contributed by atoms with Gasteiger partial charge in [0.15, 0.2) is 0 Å². The van der Waals surface area contributed by atoms with Crippen molar-refractivity contribution in [3.05, 3.63) is 16.1 Å². The Morgan fingerprint density at radius 3 is 3.25 bits per heavy atom. The largest absolute Gasteiger partial charge is 0.368 e. The first-order chi connectivity index (χ1) is 7.83. The maximum Gasteiger partial charge on any atom is 0.123 e. The second-order valence-corrected chi connectivity index (χ2v) is 5.37. The van der Waals surface area contributed by atoms with Gasteiger partial charge in [0.2, 0.25) is 0 Å². The molecule has 1 unspecified atom stereocenters. The van der Waals surface area contributed by atoms with E-state index in [9.17, 15) is 0 Å². The normalized spacial score (nSPS) is 22.5. The molecule has 1 fully saturated rings. The van der Waals surface area contributed by atoms with Crippen molar-refractivity contribution in [3.8, 4) is 0 Å². The van der Waals surface area contributed by atoms with Gasteiger partial charge < -0.3 is 4.74 Å². The van der Waals surface area contributed by atoms with Gasteiger partial charge >= 0.3 is 0 Å². The molecule has 0 N–H and O–H groups in total. The van der Waals surface area contributed by atoms with E-state index in [-0.39, 0.29) is 6.10 Å². The smallest absolute Gasteiger partial charge is 0.123 e. The molecule has 2 rings (SSSR count). The molecule has 1 aromatic heterocycles. The number of alkyl halides is 1. The van der Waals surface area contributed by atoms with Gasteiger partial charge in [0.25, 0.3) is 0 Å². The van der Waals surface area contributed by atoms with Crippen LogP contribution in [0.15, 0.2) is 6.20 Å². The average molecular weight is 261 g/mol. The van der Waals surface area contributed by atoms with Gasteiger partial charge in [0, 0.05) is 24.2 Å². The molecule has 1 aliphatic heterocycles. The summed E-state index contributed by atoms with van der Waals surface area (Å²) < 4.78 is 5.76. The zero-order valence-corrected chi connectivity index (χ0v) is 11.1. The molecule has 1 atom stereocenters. The second-order valence-electron chi connectivity index (χ2n) is 3.96. The summed E-state index contributed by atoms with van der Waals surface area (Å²) in [6.07, 6.45) is 3.19. The Morgan fingerprint density at radius 2 is 2.56 bits per heavy atom. The van der Waals surface area contributed by atoms with Gasteiger partial charge in [-0.25, -0.2) is 4.98 Å². The second kappa shape index (κ2) is 5.96. The molecule has 5 heteroatoms. The van der Waals surface area contributed by atoms with Crippen molar-refractivity contribution >= 4 is 22.9 Å². The van der Waals surface area contributed by atoms with E-state index >= 15 is 0 Å². The Morgan fingerprint density at radius 1 is 1.69 bits per heavy atom. The Balaban J connectivity index is 1.98. The zero-order valence-electron chi connectivity index (χ0n) is 9.49. The molecule has 1 aromatic rings. The first-order valence-electron chi connectivity index (χ1n) is 5.68. The van der Waals surface area contributed by atoms with Crippen LogP contribution in [0.2, 0.25) is 0 Å². The minimum atomic E-state index is 0.141. The van der Waals surface area contributed by atoms with E-state index < -0.39 is 0 Å². The van der Waals surface area contributed by atoms with Crippen LogP contribution < -0.4 is 0 Å². The summed E-state index contributed by atoms with van der Waals surface area (Å²) in [5.41, 5.74) is 0. The molecule has 0 aliphatic carbocycles. The number of halogens is 1. The summed E-state index contributed by atoms with van der Waals surface area (Å²) in [6, 6.07) is 0. The highest BCUT2D eigenvalue weighted by atomic mass is 35.5. The lowest BCUT2D eigenvalue weighted by Crippen LogP contribution is -2.38. The molecule has 1 aliphatic rings. The Bertz CT molecular complexity index is 330. The van der Waals surface area contributed by atoms with Gasteiger partial charge in [-0.3, -0.25) is 4.90 Å². The van der Waals surface area contributed by atoms with Crippen molar-refractivity contribution in [2.45, 2.75) is 25.3 Å². The Kier molecular flexibility index (Phi) is 4.58. The first-order valence-corrected chi connectivity index (χ1v) is 7.03. The van der Waals surface area contributed by atoms with Crippen LogP contribution in [0.5, 0.6) is 0 Å². The average Bonchev–Trinajstić information content (AvgIpc) is 2.78. The minimum Gasteiger partial charge on any atom is -0.368 e. The molecule has 0 aromatic carbocycles. The van der Waals surface area contributed by atoms with Crippen LogP contribution in [0.3, 0.4) is 0 Å². The molecular formula is C11H17ClN2OS. The monoisotopic (exact) mass is 260 g/mol. The quantitative estimate of drug-likeness (QED) is 0.779. The van der Waals surface area contributed by atoms with Gasteiger partial charge in [0.05, 0.1) is 12.5 Å². The van der Waals surface area contributed by atoms with E-state index in [1.807, 2.05) is 6.20 Å². The van der Waals surface area contributed by atoms with Crippen LogP contribution in [0.4, 0.5) is 0 Å². The van der Waals surface area contributed by atoms with Crippen molar-refractivity contribution in [3.63, 3.8) is 0 Å². The van der Waals surface area contributed by atoms with Gasteiger partial charge in [0.1, 0.15) is 11.1 Å². The number of thiazole rings is 1. The number of hydrogen-bond donors (Lipinski definition) is 0. The van der Waals surface area contributed by atoms with E-state index in [0.29, 0.717) is 5.88 Å². The molecule has 0 amide bonds. The van der Waals surface area contributed by atoms with Gasteiger partial charge in [-0.1, -0.05) is 6.92 Å². The molecule has 0 saturated carbocycles. The molecule has 0 spiro atoms. The lowest BCUT2D eigenvalue weighted by molar-refractivity contribution is -0.0299. The highest BCUT2D eigenvalue weighted by Gasteiger charge is 2.23. The number of nitrogens with zero attached hydrogens (tertiary/aromatic N) is 2. The SMILES string of the molecule is CCCN1CCOC(c2ncc(CCl)s2)C1. The van der Waals surface area contributed by atoms with E-state index in [0.717, 1.165) is 36.1 Å². The van der Waals surface area contributed by atoms with E-state index in [2.05, 4.69) is 16.8 Å². The summed E-state index contributed by atoms with van der Waals surface area (Å²) in [7, 11) is 0. The molecule has 1 saturated heterocycles. The maximum atomic E-state index is 5.78. The highest BCUT2D eigenvalue weighted by Crippen LogP contribution is 2.27. The third kappa shape index (κ3) is 2.94. The van der Waals surface area contributed by atoms with Crippen molar-refractivity contribution < 1.29 is 4.74 Å². The van der Waals surface area contributed by atoms with Crippen molar-refractivity contribution in [2.24, 2.45) is 0 Å². The fraction of sp³-hybridized carbons (Fsp3) is 0.727. The molecule has 2 heterocycles. The third-order valence-corrected chi connectivity index (χ3v) is 4.20. The van der Waals surface area contributed by atoms with Gasteiger partial charge in [-0.15, -0.1) is 22.9 Å². The maximum absolute atomic E-state index is 5.78. The molecule has 0 bridgehead atoms. The lowest BCUT2D eigenvalue weighted by Gasteiger charge is -2.31. The van der Waals surface area contributed by atoms with Crippen LogP contribution in [-0.4, -0.2) is 36.1 Å². The molecule has 0 radical (unpaired) electrons. The predicted molar refractivity (Wildman–Crippen MR) is 67.1 cm³/mol. The van der Waals surface area contributed by atoms with Crippen molar-refractivity contribution in [1.82, 2.24) is 9.88 Å². The van der Waals surface area contributed by atoms with E-state index in [1.54, 1.807) is 11.3 Å². The fourth-order valence-corrected chi connectivity index (χ4v) is 2.95. The Hall–Kier alpha value is -0.160. The summed E-state index contributed by atoms with van der Waals surface area (Å²) in [5, 5.41) is 1.07. The highest BCUT2D eigenvalue weighted by molar-refractivity contribution is 7.11. The summed E-state index contributed by atoms with van der Waals surface area (Å²) in [6.45, 7) is 6.16. The standard InChI is InChI=1S/C11H17ClN2OS/c1-2-3-14-4-5-15-10(8-14)11-13-7-9(6-12)16-11/h7,10H,2-6,8H2,1H3. The number of morpholine rings is 1. The topological polar surface area (TPSA) is 25.4 Å². The van der Waals surface area contributed by atoms with Crippen molar-refractivity contribution in [2.75, 3.05) is 26.2 Å². The minimum absolute atomic E-state index is 0.141. The van der Waals surface area contributed by atoms with Crippen LogP contribution in [0, 0.1) is 0 Å². The molecular weight excluding hydrogens is 244 g/mol. The molecule has 16 heavy (non-hydrogen) atoms. The van der Waals surface area contributed by atoms with Gasteiger partial charge in [-0.05, 0) is 13.0 Å².